The minimum atomic E-state index is -4.40. The van der Waals surface area contributed by atoms with Crippen LogP contribution >= 0.6 is 0 Å². The van der Waals surface area contributed by atoms with Gasteiger partial charge in [0.05, 0.1) is 5.56 Å². The monoisotopic (exact) mass is 635 g/mol. The maximum absolute atomic E-state index is 14.3. The van der Waals surface area contributed by atoms with Crippen molar-refractivity contribution in [2.75, 3.05) is 20.1 Å². The highest BCUT2D eigenvalue weighted by Gasteiger charge is 2.30. The van der Waals surface area contributed by atoms with Crippen LogP contribution in [0.2, 0.25) is 0 Å². The quantitative estimate of drug-likeness (QED) is 0.202. The molecule has 1 fully saturated rings. The zero-order valence-corrected chi connectivity index (χ0v) is 25.9. The number of aryl methyl sites for hydroxylation is 3. The first-order valence-electron chi connectivity index (χ1n) is 15.5. The van der Waals surface area contributed by atoms with E-state index in [1.807, 2.05) is 36.2 Å². The Morgan fingerprint density at radius 1 is 0.935 bits per heavy atom. The average molecular weight is 636 g/mol. The Bertz CT molecular complexity index is 1700. The first-order chi connectivity index (χ1) is 22.0. The Morgan fingerprint density at radius 3 is 2.17 bits per heavy atom. The van der Waals surface area contributed by atoms with Crippen LogP contribution in [0.15, 0.2) is 77.6 Å². The molecule has 0 spiro atoms. The Balaban J connectivity index is 1.37. The fourth-order valence-electron chi connectivity index (χ4n) is 5.76. The Labute approximate surface area is 265 Å². The number of halogens is 4. The highest BCUT2D eigenvalue weighted by Crippen LogP contribution is 2.31. The van der Waals surface area contributed by atoms with Crippen LogP contribution < -0.4 is 5.56 Å². The number of hydrogen-bond donors (Lipinski definition) is 0. The number of aromatic nitrogens is 3. The molecule has 46 heavy (non-hydrogen) atoms. The van der Waals surface area contributed by atoms with Crippen LogP contribution in [0.5, 0.6) is 0 Å². The maximum atomic E-state index is 14.3. The van der Waals surface area contributed by atoms with Crippen LogP contribution in [-0.2, 0) is 43.3 Å². The van der Waals surface area contributed by atoms with Crippen LogP contribution in [0, 0.1) is 5.82 Å². The fraction of sp³-hybridized carbons (Fsp3) is 0.371. The first-order valence-corrected chi connectivity index (χ1v) is 15.5. The van der Waals surface area contributed by atoms with E-state index in [0.29, 0.717) is 36.3 Å². The molecule has 1 aliphatic rings. The van der Waals surface area contributed by atoms with Gasteiger partial charge in [-0.1, -0.05) is 61.5 Å². The minimum Gasteiger partial charge on any atom is -0.334 e. The second-order valence-electron chi connectivity index (χ2n) is 11.7. The van der Waals surface area contributed by atoms with Crippen molar-refractivity contribution in [1.82, 2.24) is 24.6 Å². The second-order valence-corrected chi connectivity index (χ2v) is 11.7. The summed E-state index contributed by atoms with van der Waals surface area (Å²) in [6.07, 6.45) is -1.92. The number of rotatable bonds is 10. The molecule has 0 radical (unpaired) electrons. The molecule has 0 N–H and O–H groups in total. The van der Waals surface area contributed by atoms with Gasteiger partial charge in [-0.2, -0.15) is 23.3 Å². The van der Waals surface area contributed by atoms with Crippen LogP contribution in [0.3, 0.4) is 0 Å². The van der Waals surface area contributed by atoms with Crippen molar-refractivity contribution in [3.63, 3.8) is 0 Å². The molecule has 0 atom stereocenters. The lowest BCUT2D eigenvalue weighted by Crippen LogP contribution is -2.47. The van der Waals surface area contributed by atoms with Gasteiger partial charge in [0.1, 0.15) is 23.9 Å². The summed E-state index contributed by atoms with van der Waals surface area (Å²) in [6, 6.07) is 18.9. The molecule has 1 saturated heterocycles. The van der Waals surface area contributed by atoms with Gasteiger partial charge in [-0.15, -0.1) is 0 Å². The molecule has 11 heteroatoms. The zero-order chi connectivity index (χ0) is 32.8. The summed E-state index contributed by atoms with van der Waals surface area (Å²) in [5.74, 6) is -0.195. The van der Waals surface area contributed by atoms with Crippen molar-refractivity contribution in [3.8, 4) is 11.1 Å². The minimum absolute atomic E-state index is 0.0156. The molecular formula is C35H37F4N5O2. The highest BCUT2D eigenvalue weighted by molar-refractivity contribution is 5.76. The van der Waals surface area contributed by atoms with Crippen molar-refractivity contribution in [2.45, 2.75) is 64.3 Å². The normalized spacial score (nSPS) is 14.4. The molecule has 0 aliphatic carbocycles. The van der Waals surface area contributed by atoms with E-state index in [0.717, 1.165) is 49.2 Å². The molecule has 2 heterocycles. The summed E-state index contributed by atoms with van der Waals surface area (Å²) < 4.78 is 54.8. The highest BCUT2D eigenvalue weighted by atomic mass is 19.4. The molecule has 1 aliphatic heterocycles. The molecule has 0 saturated carbocycles. The van der Waals surface area contributed by atoms with Gasteiger partial charge in [0.25, 0.3) is 5.56 Å². The number of nitrogens with zero attached hydrogens (tertiary/aromatic N) is 5. The molecule has 3 aromatic carbocycles. The summed E-state index contributed by atoms with van der Waals surface area (Å²) in [5, 5.41) is 4.50. The summed E-state index contributed by atoms with van der Waals surface area (Å²) >= 11 is 0. The number of carbonyl (C=O) groups excluding carboxylic acids is 1. The third-order valence-electron chi connectivity index (χ3n) is 8.51. The number of piperidine rings is 1. The molecule has 7 nitrogen and oxygen atoms in total. The van der Waals surface area contributed by atoms with Gasteiger partial charge in [0.2, 0.25) is 5.91 Å². The smallest absolute Gasteiger partial charge is 0.334 e. The lowest BCUT2D eigenvalue weighted by Gasteiger charge is -2.37. The van der Waals surface area contributed by atoms with Crippen molar-refractivity contribution >= 4 is 5.91 Å². The first kappa shape index (κ1) is 33.0. The van der Waals surface area contributed by atoms with E-state index in [2.05, 4.69) is 15.0 Å². The number of amides is 1. The molecule has 1 aromatic heterocycles. The topological polar surface area (TPSA) is 71.3 Å². The fourth-order valence-corrected chi connectivity index (χ4v) is 5.76. The lowest BCUT2D eigenvalue weighted by atomic mass is 10.0. The Hall–Kier alpha value is -4.38. The largest absolute Gasteiger partial charge is 0.416 e. The summed E-state index contributed by atoms with van der Waals surface area (Å²) in [5.41, 5.74) is 1.90. The van der Waals surface area contributed by atoms with E-state index in [9.17, 15) is 27.2 Å². The van der Waals surface area contributed by atoms with Gasteiger partial charge in [0.15, 0.2) is 0 Å². The molecule has 0 unspecified atom stereocenters. The van der Waals surface area contributed by atoms with Gasteiger partial charge in [-0.3, -0.25) is 9.59 Å². The van der Waals surface area contributed by atoms with Crippen LogP contribution in [0.4, 0.5) is 17.6 Å². The third-order valence-corrected chi connectivity index (χ3v) is 8.51. The van der Waals surface area contributed by atoms with Crippen LogP contribution in [0.1, 0.15) is 48.0 Å². The lowest BCUT2D eigenvalue weighted by molar-refractivity contribution is -0.138. The van der Waals surface area contributed by atoms with Gasteiger partial charge in [0, 0.05) is 19.0 Å². The predicted molar refractivity (Wildman–Crippen MR) is 167 cm³/mol. The second kappa shape index (κ2) is 14.4. The van der Waals surface area contributed by atoms with Crippen LogP contribution in [-0.4, -0.2) is 56.7 Å². The van der Waals surface area contributed by atoms with Crippen molar-refractivity contribution < 1.29 is 22.4 Å². The van der Waals surface area contributed by atoms with Gasteiger partial charge < -0.3 is 9.80 Å². The number of carbonyl (C=O) groups is 1. The third kappa shape index (κ3) is 8.06. The van der Waals surface area contributed by atoms with Crippen molar-refractivity contribution in [2.24, 2.45) is 0 Å². The van der Waals surface area contributed by atoms with E-state index in [-0.39, 0.29) is 36.4 Å². The summed E-state index contributed by atoms with van der Waals surface area (Å²) in [7, 11) is 2.05. The van der Waals surface area contributed by atoms with Gasteiger partial charge in [-0.25, -0.2) is 9.07 Å². The van der Waals surface area contributed by atoms with Crippen LogP contribution in [0.25, 0.3) is 11.1 Å². The van der Waals surface area contributed by atoms with Gasteiger partial charge in [-0.05, 0) is 86.3 Å². The zero-order valence-electron chi connectivity index (χ0n) is 25.9. The van der Waals surface area contributed by atoms with Gasteiger partial charge >= 0.3 is 6.18 Å². The van der Waals surface area contributed by atoms with Crippen molar-refractivity contribution in [1.29, 1.82) is 0 Å². The van der Waals surface area contributed by atoms with E-state index >= 15 is 0 Å². The van der Waals surface area contributed by atoms with E-state index in [4.69, 9.17) is 0 Å². The standard InChI is InChI=1S/C35H37F4N5O2/c1-3-31-34(46)40-32(17-14-27-6-4-5-7-30(27)36)44(41-31)23-33(45)43(29-18-20-42(2)21-19-29)22-24-8-10-25(11-9-24)26-12-15-28(16-13-26)35(37,38)39/h4-13,15-16,29H,3,14,17-23H2,1-2H3. The van der Waals surface area contributed by atoms with E-state index in [1.165, 1.54) is 22.9 Å². The molecule has 1 amide bonds. The predicted octanol–water partition coefficient (Wildman–Crippen LogP) is 5.93. The summed E-state index contributed by atoms with van der Waals surface area (Å²) in [4.78, 5) is 35.0. The Morgan fingerprint density at radius 2 is 1.57 bits per heavy atom. The van der Waals surface area contributed by atoms with E-state index in [1.54, 1.807) is 25.1 Å². The number of alkyl halides is 3. The number of likely N-dealkylation sites (tertiary alicyclic amines) is 1. The SMILES string of the molecule is CCc1nn(CC(=O)N(Cc2ccc(-c3ccc(C(F)(F)F)cc3)cc2)C2CCN(C)CC2)c(CCc2ccccc2F)nc1=O. The molecule has 4 aromatic rings. The van der Waals surface area contributed by atoms with Crippen molar-refractivity contribution in [3.05, 3.63) is 117 Å². The van der Waals surface area contributed by atoms with E-state index < -0.39 is 17.3 Å². The number of benzene rings is 3. The molecule has 0 bridgehead atoms. The summed E-state index contributed by atoms with van der Waals surface area (Å²) in [6.45, 7) is 3.69. The Kier molecular flexibility index (Phi) is 10.3. The maximum Gasteiger partial charge on any atom is 0.416 e. The molecular weight excluding hydrogens is 598 g/mol. The molecule has 242 valence electrons. The average Bonchev–Trinajstić information content (AvgIpc) is 3.04. The number of hydrogen-bond acceptors (Lipinski definition) is 5. The molecule has 5 rings (SSSR count).